The fourth-order valence-electron chi connectivity index (χ4n) is 1.78. The Morgan fingerprint density at radius 1 is 1.29 bits per heavy atom. The minimum Gasteiger partial charge on any atom is -0.353 e. The summed E-state index contributed by atoms with van der Waals surface area (Å²) in [6, 6.07) is 9.41. The summed E-state index contributed by atoms with van der Waals surface area (Å²) in [4.78, 5) is 10.2. The van der Waals surface area contributed by atoms with Crippen molar-refractivity contribution in [3.05, 3.63) is 61.6 Å². The zero-order valence-electron chi connectivity index (χ0n) is 10.9. The van der Waals surface area contributed by atoms with E-state index in [0.29, 0.717) is 21.4 Å². The quantitative estimate of drug-likeness (QED) is 0.648. The first-order chi connectivity index (χ1) is 9.93. The Labute approximate surface area is 130 Å². The minimum atomic E-state index is -0.602. The van der Waals surface area contributed by atoms with Gasteiger partial charge in [-0.1, -0.05) is 29.3 Å². The molecule has 1 N–H and O–H groups in total. The van der Waals surface area contributed by atoms with Gasteiger partial charge in [0.1, 0.15) is 11.6 Å². The molecule has 0 spiro atoms. The SMILES string of the molecule is Cc1ccc(Cl)c(Nc2ccc([N+](=O)[O-])c(C#N)c2)c1Cl. The van der Waals surface area contributed by atoms with E-state index in [-0.39, 0.29) is 11.3 Å². The number of nitro benzene ring substituents is 1. The van der Waals surface area contributed by atoms with Gasteiger partial charge in [0.25, 0.3) is 5.69 Å². The molecule has 0 aliphatic rings. The number of anilines is 2. The van der Waals surface area contributed by atoms with Crippen LogP contribution in [0.2, 0.25) is 10.0 Å². The second kappa shape index (κ2) is 6.00. The van der Waals surface area contributed by atoms with E-state index in [1.807, 2.05) is 6.92 Å². The highest BCUT2D eigenvalue weighted by Gasteiger charge is 2.15. The first-order valence-electron chi connectivity index (χ1n) is 5.84. The largest absolute Gasteiger partial charge is 0.353 e. The molecule has 106 valence electrons. The molecule has 5 nitrogen and oxygen atoms in total. The Hall–Kier alpha value is -2.29. The minimum absolute atomic E-state index is 0.0371. The zero-order chi connectivity index (χ0) is 15.6. The summed E-state index contributed by atoms with van der Waals surface area (Å²) < 4.78 is 0. The van der Waals surface area contributed by atoms with E-state index in [9.17, 15) is 10.1 Å². The molecule has 0 atom stereocenters. The van der Waals surface area contributed by atoms with Crippen LogP contribution in [0, 0.1) is 28.4 Å². The monoisotopic (exact) mass is 321 g/mol. The normalized spacial score (nSPS) is 10.0. The van der Waals surface area contributed by atoms with Gasteiger partial charge < -0.3 is 5.32 Å². The average molecular weight is 322 g/mol. The fraction of sp³-hybridized carbons (Fsp3) is 0.0714. The number of nitro groups is 1. The second-order valence-electron chi connectivity index (χ2n) is 4.28. The van der Waals surface area contributed by atoms with Crippen molar-refractivity contribution in [2.75, 3.05) is 5.32 Å². The fourth-order valence-corrected chi connectivity index (χ4v) is 2.24. The molecule has 2 aromatic carbocycles. The Balaban J connectivity index is 2.44. The van der Waals surface area contributed by atoms with Gasteiger partial charge in [0.05, 0.1) is 20.7 Å². The van der Waals surface area contributed by atoms with Crippen molar-refractivity contribution < 1.29 is 4.92 Å². The Morgan fingerprint density at radius 3 is 2.62 bits per heavy atom. The average Bonchev–Trinajstić information content (AvgIpc) is 2.47. The van der Waals surface area contributed by atoms with E-state index in [1.165, 1.54) is 18.2 Å². The predicted octanol–water partition coefficient (Wildman–Crippen LogP) is 4.83. The van der Waals surface area contributed by atoms with Gasteiger partial charge in [-0.3, -0.25) is 10.1 Å². The summed E-state index contributed by atoms with van der Waals surface area (Å²) >= 11 is 12.3. The lowest BCUT2D eigenvalue weighted by Crippen LogP contribution is -1.97. The smallest absolute Gasteiger partial charge is 0.287 e. The molecule has 0 bridgehead atoms. The number of nitriles is 1. The third kappa shape index (κ3) is 3.07. The highest BCUT2D eigenvalue weighted by Crippen LogP contribution is 2.35. The molecule has 0 aliphatic heterocycles. The van der Waals surface area contributed by atoms with E-state index in [1.54, 1.807) is 18.2 Å². The Kier molecular flexibility index (Phi) is 4.32. The van der Waals surface area contributed by atoms with Gasteiger partial charge in [-0.25, -0.2) is 0 Å². The summed E-state index contributed by atoms with van der Waals surface area (Å²) in [7, 11) is 0. The molecule has 21 heavy (non-hydrogen) atoms. The molecule has 2 aromatic rings. The lowest BCUT2D eigenvalue weighted by atomic mass is 10.1. The first kappa shape index (κ1) is 15.1. The van der Waals surface area contributed by atoms with Gasteiger partial charge in [0.2, 0.25) is 0 Å². The van der Waals surface area contributed by atoms with Crippen LogP contribution in [0.5, 0.6) is 0 Å². The molecule has 0 saturated carbocycles. The van der Waals surface area contributed by atoms with Crippen molar-refractivity contribution in [1.29, 1.82) is 5.26 Å². The molecule has 7 heteroatoms. The summed E-state index contributed by atoms with van der Waals surface area (Å²) in [5.74, 6) is 0. The van der Waals surface area contributed by atoms with Crippen molar-refractivity contribution in [1.82, 2.24) is 0 Å². The van der Waals surface area contributed by atoms with Gasteiger partial charge in [0.15, 0.2) is 0 Å². The summed E-state index contributed by atoms with van der Waals surface area (Å²) in [5.41, 5.74) is 1.54. The van der Waals surface area contributed by atoms with Crippen molar-refractivity contribution >= 4 is 40.3 Å². The van der Waals surface area contributed by atoms with Crippen molar-refractivity contribution in [2.45, 2.75) is 6.92 Å². The number of nitrogens with zero attached hydrogens (tertiary/aromatic N) is 2. The van der Waals surface area contributed by atoms with Crippen LogP contribution in [0.15, 0.2) is 30.3 Å². The number of benzene rings is 2. The molecule has 0 fully saturated rings. The first-order valence-corrected chi connectivity index (χ1v) is 6.59. The molecule has 0 heterocycles. The van der Waals surface area contributed by atoms with Crippen LogP contribution in [-0.2, 0) is 0 Å². The van der Waals surface area contributed by atoms with E-state index in [4.69, 9.17) is 28.5 Å². The zero-order valence-corrected chi connectivity index (χ0v) is 12.4. The van der Waals surface area contributed by atoms with Gasteiger partial charge in [-0.2, -0.15) is 5.26 Å². The number of nitrogens with one attached hydrogen (secondary N) is 1. The maximum Gasteiger partial charge on any atom is 0.287 e. The summed E-state index contributed by atoms with van der Waals surface area (Å²) in [6.45, 7) is 1.83. The molecule has 2 rings (SSSR count). The standard InChI is InChI=1S/C14H9Cl2N3O2/c1-8-2-4-11(15)14(13(8)16)18-10-3-5-12(19(20)21)9(6-10)7-17/h2-6,18H,1H3. The van der Waals surface area contributed by atoms with Crippen LogP contribution in [0.4, 0.5) is 17.1 Å². The lowest BCUT2D eigenvalue weighted by molar-refractivity contribution is -0.385. The highest BCUT2D eigenvalue weighted by atomic mass is 35.5. The lowest BCUT2D eigenvalue weighted by Gasteiger charge is -2.12. The predicted molar refractivity (Wildman–Crippen MR) is 82.3 cm³/mol. The van der Waals surface area contributed by atoms with Crippen LogP contribution in [0.3, 0.4) is 0 Å². The van der Waals surface area contributed by atoms with Gasteiger partial charge in [-0.05, 0) is 30.7 Å². The van der Waals surface area contributed by atoms with Crippen LogP contribution in [-0.4, -0.2) is 4.92 Å². The Morgan fingerprint density at radius 2 is 2.00 bits per heavy atom. The molecule has 0 unspecified atom stereocenters. The molecule has 0 aliphatic carbocycles. The molecule has 0 radical (unpaired) electrons. The van der Waals surface area contributed by atoms with Crippen molar-refractivity contribution in [3.63, 3.8) is 0 Å². The highest BCUT2D eigenvalue weighted by molar-refractivity contribution is 6.39. The van der Waals surface area contributed by atoms with E-state index in [0.717, 1.165) is 5.56 Å². The van der Waals surface area contributed by atoms with Gasteiger partial charge in [-0.15, -0.1) is 0 Å². The number of aryl methyl sites for hydroxylation is 1. The van der Waals surface area contributed by atoms with Crippen molar-refractivity contribution in [3.8, 4) is 6.07 Å². The van der Waals surface area contributed by atoms with E-state index < -0.39 is 4.92 Å². The summed E-state index contributed by atoms with van der Waals surface area (Å²) in [6.07, 6.45) is 0. The third-order valence-electron chi connectivity index (χ3n) is 2.87. The van der Waals surface area contributed by atoms with E-state index in [2.05, 4.69) is 5.32 Å². The molecule has 0 aromatic heterocycles. The van der Waals surface area contributed by atoms with Crippen LogP contribution < -0.4 is 5.32 Å². The topological polar surface area (TPSA) is 79.0 Å². The molecule has 0 amide bonds. The molecular weight excluding hydrogens is 313 g/mol. The van der Waals surface area contributed by atoms with E-state index >= 15 is 0 Å². The number of hydrogen-bond acceptors (Lipinski definition) is 4. The van der Waals surface area contributed by atoms with Gasteiger partial charge >= 0.3 is 0 Å². The third-order valence-corrected chi connectivity index (χ3v) is 3.67. The van der Waals surface area contributed by atoms with Crippen molar-refractivity contribution in [2.24, 2.45) is 0 Å². The Bertz CT molecular complexity index is 770. The van der Waals surface area contributed by atoms with Crippen LogP contribution in [0.25, 0.3) is 0 Å². The maximum absolute atomic E-state index is 10.8. The van der Waals surface area contributed by atoms with Gasteiger partial charge in [0, 0.05) is 11.8 Å². The number of halogens is 2. The second-order valence-corrected chi connectivity index (χ2v) is 5.06. The number of hydrogen-bond donors (Lipinski definition) is 1. The summed E-state index contributed by atoms with van der Waals surface area (Å²) in [5, 5.41) is 23.6. The molecular formula is C14H9Cl2N3O2. The number of rotatable bonds is 3. The van der Waals surface area contributed by atoms with Crippen LogP contribution in [0.1, 0.15) is 11.1 Å². The van der Waals surface area contributed by atoms with Crippen LogP contribution >= 0.6 is 23.2 Å². The maximum atomic E-state index is 10.8. The molecule has 0 saturated heterocycles.